The van der Waals surface area contributed by atoms with E-state index < -0.39 is 6.10 Å². The van der Waals surface area contributed by atoms with Crippen molar-refractivity contribution in [1.29, 1.82) is 0 Å². The largest absolute Gasteiger partial charge is 0.389 e. The number of hydrogen-bond acceptors (Lipinski definition) is 4. The first kappa shape index (κ1) is 14.3. The zero-order valence-electron chi connectivity index (χ0n) is 9.82. The molecule has 0 heterocycles. The van der Waals surface area contributed by atoms with Gasteiger partial charge in [-0.15, -0.1) is 0 Å². The average molecular weight is 218 g/mol. The molecule has 0 aromatic carbocycles. The van der Waals surface area contributed by atoms with Crippen LogP contribution in [0, 0.1) is 0 Å². The topological polar surface area (TPSA) is 61.8 Å². The number of carbonyl (C=O) groups is 1. The van der Waals surface area contributed by atoms with Crippen LogP contribution in [0.15, 0.2) is 0 Å². The van der Waals surface area contributed by atoms with Gasteiger partial charge in [-0.2, -0.15) is 0 Å². The number of rotatable bonds is 8. The molecule has 0 saturated heterocycles. The van der Waals surface area contributed by atoms with Crippen LogP contribution < -0.4 is 5.32 Å². The van der Waals surface area contributed by atoms with Crippen LogP contribution in [0.3, 0.4) is 0 Å². The van der Waals surface area contributed by atoms with Crippen LogP contribution in [0.4, 0.5) is 0 Å². The van der Waals surface area contributed by atoms with Crippen LogP contribution in [-0.4, -0.2) is 62.4 Å². The number of nitrogens with one attached hydrogen (secondary N) is 1. The van der Waals surface area contributed by atoms with Gasteiger partial charge in [-0.3, -0.25) is 4.79 Å². The van der Waals surface area contributed by atoms with Crippen LogP contribution in [0.5, 0.6) is 0 Å². The molecular weight excluding hydrogens is 196 g/mol. The van der Waals surface area contributed by atoms with Crippen molar-refractivity contribution < 1.29 is 14.6 Å². The number of carbonyl (C=O) groups excluding carboxylic acids is 1. The molecule has 2 N–H and O–H groups in total. The summed E-state index contributed by atoms with van der Waals surface area (Å²) in [6.07, 6.45) is -0.0478. The predicted octanol–water partition coefficient (Wildman–Crippen LogP) is -0.548. The molecule has 1 amide bonds. The molecule has 90 valence electrons. The Kier molecular flexibility index (Phi) is 8.27. The second kappa shape index (κ2) is 8.64. The van der Waals surface area contributed by atoms with Crippen LogP contribution in [0.1, 0.15) is 13.3 Å². The van der Waals surface area contributed by atoms with Gasteiger partial charge in [-0.05, 0) is 6.92 Å². The highest BCUT2D eigenvalue weighted by molar-refractivity contribution is 5.75. The van der Waals surface area contributed by atoms with Gasteiger partial charge in [0.1, 0.15) is 0 Å². The fraction of sp³-hybridized carbons (Fsp3) is 0.900. The number of aliphatic hydroxyl groups is 1. The summed E-state index contributed by atoms with van der Waals surface area (Å²) >= 11 is 0. The first-order valence-corrected chi connectivity index (χ1v) is 5.24. The van der Waals surface area contributed by atoms with Gasteiger partial charge >= 0.3 is 0 Å². The van der Waals surface area contributed by atoms with Crippen LogP contribution >= 0.6 is 0 Å². The average Bonchev–Trinajstić information content (AvgIpc) is 2.20. The number of nitrogens with zero attached hydrogens (tertiary/aromatic N) is 1. The molecule has 1 atom stereocenters. The van der Waals surface area contributed by atoms with Crippen molar-refractivity contribution >= 4 is 5.91 Å². The Labute approximate surface area is 91.4 Å². The molecule has 0 radical (unpaired) electrons. The first-order chi connectivity index (χ1) is 7.07. The molecule has 0 rings (SSSR count). The lowest BCUT2D eigenvalue weighted by molar-refractivity contribution is -0.128. The van der Waals surface area contributed by atoms with Gasteiger partial charge < -0.3 is 20.1 Å². The molecule has 15 heavy (non-hydrogen) atoms. The minimum atomic E-state index is -0.501. The molecule has 0 aliphatic heterocycles. The SMILES string of the molecule is CCOCC(O)CNCCC(=O)N(C)C. The van der Waals surface area contributed by atoms with Gasteiger partial charge in [0.15, 0.2) is 0 Å². The molecule has 0 saturated carbocycles. The van der Waals surface area contributed by atoms with Crippen molar-refractivity contribution in [3.05, 3.63) is 0 Å². The summed E-state index contributed by atoms with van der Waals surface area (Å²) in [4.78, 5) is 12.7. The lowest BCUT2D eigenvalue weighted by Crippen LogP contribution is -2.33. The van der Waals surface area contributed by atoms with Crippen molar-refractivity contribution in [2.45, 2.75) is 19.4 Å². The van der Waals surface area contributed by atoms with Crippen molar-refractivity contribution in [3.8, 4) is 0 Å². The van der Waals surface area contributed by atoms with Crippen LogP contribution in [-0.2, 0) is 9.53 Å². The van der Waals surface area contributed by atoms with Gasteiger partial charge in [-0.1, -0.05) is 0 Å². The molecule has 0 spiro atoms. The lowest BCUT2D eigenvalue weighted by Gasteiger charge is -2.13. The molecule has 0 aliphatic carbocycles. The maximum Gasteiger partial charge on any atom is 0.223 e. The van der Waals surface area contributed by atoms with E-state index in [-0.39, 0.29) is 5.91 Å². The van der Waals surface area contributed by atoms with E-state index in [1.54, 1.807) is 19.0 Å². The van der Waals surface area contributed by atoms with E-state index >= 15 is 0 Å². The summed E-state index contributed by atoms with van der Waals surface area (Å²) < 4.78 is 5.05. The smallest absolute Gasteiger partial charge is 0.223 e. The van der Waals surface area contributed by atoms with E-state index in [1.165, 1.54) is 0 Å². The molecule has 0 aromatic rings. The standard InChI is InChI=1S/C10H22N2O3/c1-4-15-8-9(13)7-11-6-5-10(14)12(2)3/h9,11,13H,4-8H2,1-3H3. The summed E-state index contributed by atoms with van der Waals surface area (Å²) in [5.41, 5.74) is 0. The third-order valence-corrected chi connectivity index (χ3v) is 1.91. The second-order valence-corrected chi connectivity index (χ2v) is 3.56. The number of aliphatic hydroxyl groups excluding tert-OH is 1. The molecule has 1 unspecified atom stereocenters. The highest BCUT2D eigenvalue weighted by atomic mass is 16.5. The Balaban J connectivity index is 3.34. The predicted molar refractivity (Wildman–Crippen MR) is 58.7 cm³/mol. The van der Waals surface area contributed by atoms with E-state index in [1.807, 2.05) is 6.92 Å². The Bertz CT molecular complexity index is 174. The quantitative estimate of drug-likeness (QED) is 0.537. The van der Waals surface area contributed by atoms with Crippen molar-refractivity contribution in [1.82, 2.24) is 10.2 Å². The lowest BCUT2D eigenvalue weighted by atomic mass is 10.3. The zero-order valence-corrected chi connectivity index (χ0v) is 9.82. The highest BCUT2D eigenvalue weighted by Gasteiger charge is 2.05. The van der Waals surface area contributed by atoms with Gasteiger partial charge in [0.05, 0.1) is 12.7 Å². The molecule has 0 bridgehead atoms. The van der Waals surface area contributed by atoms with Gasteiger partial charge in [0, 0.05) is 40.2 Å². The van der Waals surface area contributed by atoms with Crippen molar-refractivity contribution in [2.75, 3.05) is 40.4 Å². The van der Waals surface area contributed by atoms with Crippen molar-refractivity contribution in [3.63, 3.8) is 0 Å². The minimum absolute atomic E-state index is 0.0850. The molecule has 5 nitrogen and oxygen atoms in total. The molecule has 0 aromatic heterocycles. The highest BCUT2D eigenvalue weighted by Crippen LogP contribution is 1.87. The minimum Gasteiger partial charge on any atom is -0.389 e. The van der Waals surface area contributed by atoms with Gasteiger partial charge in [0.25, 0.3) is 0 Å². The second-order valence-electron chi connectivity index (χ2n) is 3.56. The maximum atomic E-state index is 11.2. The summed E-state index contributed by atoms with van der Waals surface area (Å²) in [6.45, 7) is 3.87. The summed E-state index contributed by atoms with van der Waals surface area (Å²) in [7, 11) is 3.46. The van der Waals surface area contributed by atoms with E-state index in [4.69, 9.17) is 4.74 Å². The van der Waals surface area contributed by atoms with Crippen LogP contribution in [0.2, 0.25) is 0 Å². The normalized spacial score (nSPS) is 12.5. The van der Waals surface area contributed by atoms with E-state index in [2.05, 4.69) is 5.32 Å². The zero-order chi connectivity index (χ0) is 11.7. The van der Waals surface area contributed by atoms with Gasteiger partial charge in [-0.25, -0.2) is 0 Å². The number of amides is 1. The molecule has 5 heteroatoms. The maximum absolute atomic E-state index is 11.2. The van der Waals surface area contributed by atoms with E-state index in [0.717, 1.165) is 0 Å². The Morgan fingerprint density at radius 2 is 2.20 bits per heavy atom. The Morgan fingerprint density at radius 3 is 2.73 bits per heavy atom. The summed E-state index contributed by atoms with van der Waals surface area (Å²) in [6, 6.07) is 0. The van der Waals surface area contributed by atoms with Crippen LogP contribution in [0.25, 0.3) is 0 Å². The Hall–Kier alpha value is -0.650. The fourth-order valence-electron chi connectivity index (χ4n) is 1.00. The van der Waals surface area contributed by atoms with E-state index in [0.29, 0.717) is 32.7 Å². The monoisotopic (exact) mass is 218 g/mol. The van der Waals surface area contributed by atoms with Crippen molar-refractivity contribution in [2.24, 2.45) is 0 Å². The summed E-state index contributed by atoms with van der Waals surface area (Å²) in [5.74, 6) is 0.0850. The molecular formula is C10H22N2O3. The van der Waals surface area contributed by atoms with E-state index in [9.17, 15) is 9.90 Å². The fourth-order valence-corrected chi connectivity index (χ4v) is 1.00. The third-order valence-electron chi connectivity index (χ3n) is 1.91. The number of hydrogen-bond donors (Lipinski definition) is 2. The first-order valence-electron chi connectivity index (χ1n) is 5.24. The molecule has 0 fully saturated rings. The number of ether oxygens (including phenoxy) is 1. The van der Waals surface area contributed by atoms with Gasteiger partial charge in [0.2, 0.25) is 5.91 Å². The Morgan fingerprint density at radius 1 is 1.53 bits per heavy atom. The third kappa shape index (κ3) is 8.35. The molecule has 0 aliphatic rings. The summed E-state index contributed by atoms with van der Waals surface area (Å²) in [5, 5.41) is 12.4.